The second-order valence-electron chi connectivity index (χ2n) is 1.97. The van der Waals surface area contributed by atoms with Crippen LogP contribution in [-0.4, -0.2) is 19.3 Å². The minimum Gasteiger partial charge on any atom is -0.376 e. The van der Waals surface area contributed by atoms with E-state index in [-0.39, 0.29) is 12.7 Å². The number of rotatable bonds is 5. The molecule has 0 aliphatic rings. The van der Waals surface area contributed by atoms with E-state index in [1.807, 2.05) is 13.8 Å². The molecule has 0 amide bonds. The van der Waals surface area contributed by atoms with E-state index in [1.165, 1.54) is 0 Å². The molecule has 9 heavy (non-hydrogen) atoms. The standard InChI is InChI=1S/C6H13O3/c1-3-4-8-6(2)5-9-7/h6H,3-5H2,1-2H3. The summed E-state index contributed by atoms with van der Waals surface area (Å²) in [5.74, 6) is 0. The number of hydrogen-bond donors (Lipinski definition) is 0. The minimum atomic E-state index is -0.0672. The van der Waals surface area contributed by atoms with Crippen molar-refractivity contribution in [2.45, 2.75) is 26.4 Å². The van der Waals surface area contributed by atoms with Crippen LogP contribution in [0.15, 0.2) is 0 Å². The predicted octanol–water partition coefficient (Wildman–Crippen LogP) is 1.16. The highest BCUT2D eigenvalue weighted by atomic mass is 17.1. The molecule has 0 rings (SSSR count). The van der Waals surface area contributed by atoms with Crippen molar-refractivity contribution in [1.82, 2.24) is 0 Å². The summed E-state index contributed by atoms with van der Waals surface area (Å²) in [6.07, 6.45) is 0.908. The fraction of sp³-hybridized carbons (Fsp3) is 1.00. The number of hydrogen-bond acceptors (Lipinski definition) is 2. The van der Waals surface area contributed by atoms with Crippen LogP contribution in [0, 0.1) is 0 Å². The fourth-order valence-electron chi connectivity index (χ4n) is 0.463. The minimum absolute atomic E-state index is 0.0672. The average molecular weight is 133 g/mol. The van der Waals surface area contributed by atoms with Crippen molar-refractivity contribution in [3.63, 3.8) is 0 Å². The van der Waals surface area contributed by atoms with Crippen LogP contribution in [0.2, 0.25) is 0 Å². The second-order valence-corrected chi connectivity index (χ2v) is 1.97. The van der Waals surface area contributed by atoms with E-state index in [0.717, 1.165) is 6.42 Å². The van der Waals surface area contributed by atoms with Crippen LogP contribution >= 0.6 is 0 Å². The van der Waals surface area contributed by atoms with Gasteiger partial charge in [0, 0.05) is 6.61 Å². The van der Waals surface area contributed by atoms with Gasteiger partial charge in [-0.2, -0.15) is 0 Å². The van der Waals surface area contributed by atoms with Crippen molar-refractivity contribution < 1.29 is 14.9 Å². The van der Waals surface area contributed by atoms with E-state index in [0.29, 0.717) is 6.61 Å². The lowest BCUT2D eigenvalue weighted by Gasteiger charge is -2.07. The van der Waals surface area contributed by atoms with Gasteiger partial charge in [0.05, 0.1) is 6.10 Å². The molecule has 1 radical (unpaired) electrons. The van der Waals surface area contributed by atoms with Gasteiger partial charge in [-0.15, -0.1) is 0 Å². The first kappa shape index (κ1) is 8.88. The molecule has 3 heteroatoms. The van der Waals surface area contributed by atoms with Crippen LogP contribution in [-0.2, 0) is 14.9 Å². The monoisotopic (exact) mass is 133 g/mol. The molecule has 0 saturated heterocycles. The summed E-state index contributed by atoms with van der Waals surface area (Å²) in [7, 11) is 0. The summed E-state index contributed by atoms with van der Waals surface area (Å²) in [6.45, 7) is 4.67. The van der Waals surface area contributed by atoms with E-state index in [1.54, 1.807) is 0 Å². The SMILES string of the molecule is CCCOC(C)CO[O]. The Hall–Kier alpha value is -0.120. The van der Waals surface area contributed by atoms with Crippen molar-refractivity contribution in [1.29, 1.82) is 0 Å². The lowest BCUT2D eigenvalue weighted by molar-refractivity contribution is -0.315. The zero-order valence-corrected chi connectivity index (χ0v) is 5.92. The van der Waals surface area contributed by atoms with Crippen molar-refractivity contribution in [3.05, 3.63) is 0 Å². The topological polar surface area (TPSA) is 38.4 Å². The van der Waals surface area contributed by atoms with Gasteiger partial charge in [-0.05, 0) is 18.6 Å². The van der Waals surface area contributed by atoms with Crippen molar-refractivity contribution >= 4 is 0 Å². The van der Waals surface area contributed by atoms with Crippen molar-refractivity contribution in [3.8, 4) is 0 Å². The van der Waals surface area contributed by atoms with E-state index in [2.05, 4.69) is 4.89 Å². The molecule has 0 aromatic heterocycles. The Morgan fingerprint density at radius 1 is 1.56 bits per heavy atom. The van der Waals surface area contributed by atoms with E-state index >= 15 is 0 Å². The molecule has 0 bridgehead atoms. The predicted molar refractivity (Wildman–Crippen MR) is 32.3 cm³/mol. The largest absolute Gasteiger partial charge is 0.376 e. The van der Waals surface area contributed by atoms with E-state index in [4.69, 9.17) is 4.74 Å². The summed E-state index contributed by atoms with van der Waals surface area (Å²) >= 11 is 0. The van der Waals surface area contributed by atoms with Gasteiger partial charge in [-0.25, -0.2) is 4.89 Å². The Bertz CT molecular complexity index is 56.3. The number of ether oxygens (including phenoxy) is 1. The van der Waals surface area contributed by atoms with E-state index < -0.39 is 0 Å². The normalized spacial score (nSPS) is 13.7. The first-order valence-corrected chi connectivity index (χ1v) is 3.17. The maximum absolute atomic E-state index is 9.52. The Balaban J connectivity index is 2.95. The van der Waals surface area contributed by atoms with Gasteiger partial charge in [0.1, 0.15) is 6.61 Å². The van der Waals surface area contributed by atoms with Gasteiger partial charge in [0.25, 0.3) is 0 Å². The lowest BCUT2D eigenvalue weighted by atomic mass is 10.4. The van der Waals surface area contributed by atoms with Crippen LogP contribution in [0.4, 0.5) is 0 Å². The molecule has 0 aromatic carbocycles. The van der Waals surface area contributed by atoms with Gasteiger partial charge >= 0.3 is 0 Å². The third kappa shape index (κ3) is 5.76. The molecule has 0 N–H and O–H groups in total. The lowest BCUT2D eigenvalue weighted by Crippen LogP contribution is -2.14. The first-order valence-electron chi connectivity index (χ1n) is 3.17. The zero-order valence-electron chi connectivity index (χ0n) is 5.92. The molecule has 0 spiro atoms. The molecule has 3 nitrogen and oxygen atoms in total. The van der Waals surface area contributed by atoms with E-state index in [9.17, 15) is 5.26 Å². The van der Waals surface area contributed by atoms with Crippen molar-refractivity contribution in [2.24, 2.45) is 0 Å². The van der Waals surface area contributed by atoms with Crippen LogP contribution in [0.3, 0.4) is 0 Å². The molecule has 0 fully saturated rings. The smallest absolute Gasteiger partial charge is 0.111 e. The molecular weight excluding hydrogens is 120 g/mol. The summed E-state index contributed by atoms with van der Waals surface area (Å²) in [5.41, 5.74) is 0. The Labute approximate surface area is 55.5 Å². The molecule has 0 heterocycles. The Kier molecular flexibility index (Phi) is 5.93. The average Bonchev–Trinajstić information content (AvgIpc) is 1.85. The van der Waals surface area contributed by atoms with Gasteiger partial charge in [0.15, 0.2) is 0 Å². The van der Waals surface area contributed by atoms with Gasteiger partial charge in [0.2, 0.25) is 0 Å². The third-order valence-corrected chi connectivity index (χ3v) is 0.909. The molecular formula is C6H13O3. The molecule has 1 unspecified atom stereocenters. The molecule has 1 atom stereocenters. The molecule has 55 valence electrons. The summed E-state index contributed by atoms with van der Waals surface area (Å²) < 4.78 is 5.11. The Morgan fingerprint density at radius 3 is 2.67 bits per heavy atom. The van der Waals surface area contributed by atoms with Crippen LogP contribution in [0.5, 0.6) is 0 Å². The Morgan fingerprint density at radius 2 is 2.22 bits per heavy atom. The molecule has 0 aromatic rings. The quantitative estimate of drug-likeness (QED) is 0.417. The molecule has 0 aliphatic carbocycles. The maximum atomic E-state index is 9.52. The third-order valence-electron chi connectivity index (χ3n) is 0.909. The summed E-state index contributed by atoms with van der Waals surface area (Å²) in [5, 5.41) is 9.52. The first-order chi connectivity index (χ1) is 4.31. The van der Waals surface area contributed by atoms with Gasteiger partial charge in [-0.1, -0.05) is 6.92 Å². The maximum Gasteiger partial charge on any atom is 0.111 e. The summed E-state index contributed by atoms with van der Waals surface area (Å²) in [4.78, 5) is 3.63. The van der Waals surface area contributed by atoms with Gasteiger partial charge < -0.3 is 4.74 Å². The molecule has 0 saturated carbocycles. The van der Waals surface area contributed by atoms with Crippen LogP contribution in [0.1, 0.15) is 20.3 Å². The second kappa shape index (κ2) is 6.01. The van der Waals surface area contributed by atoms with Crippen LogP contribution < -0.4 is 0 Å². The summed E-state index contributed by atoms with van der Waals surface area (Å²) in [6, 6.07) is 0. The van der Waals surface area contributed by atoms with Gasteiger partial charge in [-0.3, -0.25) is 0 Å². The zero-order chi connectivity index (χ0) is 7.11. The van der Waals surface area contributed by atoms with Crippen LogP contribution in [0.25, 0.3) is 0 Å². The molecule has 0 aliphatic heterocycles. The highest BCUT2D eigenvalue weighted by Crippen LogP contribution is 1.91. The fourth-order valence-corrected chi connectivity index (χ4v) is 0.463. The van der Waals surface area contributed by atoms with Crippen molar-refractivity contribution in [2.75, 3.05) is 13.2 Å². The highest BCUT2D eigenvalue weighted by Gasteiger charge is 1.99. The highest BCUT2D eigenvalue weighted by molar-refractivity contribution is 4.43.